The van der Waals surface area contributed by atoms with Crippen LogP contribution in [0.3, 0.4) is 0 Å². The first kappa shape index (κ1) is 24.9. The SMILES string of the molecule is O=C(CCC(=O)OCC(F)(F)C(F)F)OCCCCCCCCCCCl. The van der Waals surface area contributed by atoms with Crippen LogP contribution >= 0.6 is 11.6 Å². The van der Waals surface area contributed by atoms with E-state index >= 15 is 0 Å². The van der Waals surface area contributed by atoms with Crippen LogP contribution in [0.4, 0.5) is 17.6 Å². The van der Waals surface area contributed by atoms with Crippen molar-refractivity contribution in [2.24, 2.45) is 0 Å². The van der Waals surface area contributed by atoms with Gasteiger partial charge in [0.2, 0.25) is 0 Å². The smallest absolute Gasteiger partial charge is 0.340 e. The molecule has 0 aliphatic heterocycles. The first-order valence-electron chi connectivity index (χ1n) is 8.82. The van der Waals surface area contributed by atoms with Crippen molar-refractivity contribution in [1.82, 2.24) is 0 Å². The Labute approximate surface area is 156 Å². The molecule has 0 saturated carbocycles. The minimum atomic E-state index is -4.39. The van der Waals surface area contributed by atoms with Crippen molar-refractivity contribution in [3.8, 4) is 0 Å². The third-order valence-electron chi connectivity index (χ3n) is 3.57. The van der Waals surface area contributed by atoms with Gasteiger partial charge < -0.3 is 9.47 Å². The highest BCUT2D eigenvalue weighted by Gasteiger charge is 2.42. The summed E-state index contributed by atoms with van der Waals surface area (Å²) >= 11 is 5.58. The van der Waals surface area contributed by atoms with E-state index in [1.165, 1.54) is 6.42 Å². The number of unbranched alkanes of at least 4 members (excludes halogenated alkanes) is 7. The highest BCUT2D eigenvalue weighted by atomic mass is 35.5. The Morgan fingerprint density at radius 2 is 1.27 bits per heavy atom. The van der Waals surface area contributed by atoms with E-state index in [2.05, 4.69) is 4.74 Å². The van der Waals surface area contributed by atoms with Crippen LogP contribution < -0.4 is 0 Å². The van der Waals surface area contributed by atoms with Crippen molar-refractivity contribution in [3.63, 3.8) is 0 Å². The molecule has 26 heavy (non-hydrogen) atoms. The summed E-state index contributed by atoms with van der Waals surface area (Å²) in [5.41, 5.74) is 0. The number of rotatable bonds is 16. The van der Waals surface area contributed by atoms with Gasteiger partial charge in [-0.3, -0.25) is 9.59 Å². The van der Waals surface area contributed by atoms with E-state index in [1.807, 2.05) is 0 Å². The topological polar surface area (TPSA) is 52.6 Å². The van der Waals surface area contributed by atoms with E-state index in [0.29, 0.717) is 12.3 Å². The van der Waals surface area contributed by atoms with Crippen molar-refractivity contribution in [1.29, 1.82) is 0 Å². The van der Waals surface area contributed by atoms with E-state index in [4.69, 9.17) is 16.3 Å². The first-order chi connectivity index (χ1) is 12.3. The Kier molecular flexibility index (Phi) is 14.4. The van der Waals surface area contributed by atoms with Crippen molar-refractivity contribution < 1.29 is 36.6 Å². The summed E-state index contributed by atoms with van der Waals surface area (Å²) in [6, 6.07) is 0. The fraction of sp³-hybridized carbons (Fsp3) is 0.882. The zero-order valence-corrected chi connectivity index (χ0v) is 15.5. The molecule has 154 valence electrons. The number of carbonyl (C=O) groups is 2. The van der Waals surface area contributed by atoms with Gasteiger partial charge in [-0.15, -0.1) is 11.6 Å². The molecule has 0 aromatic carbocycles. The molecule has 9 heteroatoms. The molecule has 0 aromatic heterocycles. The molecule has 0 fully saturated rings. The molecule has 0 saturated heterocycles. The average molecular weight is 407 g/mol. The highest BCUT2D eigenvalue weighted by molar-refractivity contribution is 6.17. The highest BCUT2D eigenvalue weighted by Crippen LogP contribution is 2.23. The van der Waals surface area contributed by atoms with Crippen LogP contribution in [0, 0.1) is 0 Å². The summed E-state index contributed by atoms with van der Waals surface area (Å²) in [5, 5.41) is 0. The number of ether oxygens (including phenoxy) is 2. The second-order valence-electron chi connectivity index (χ2n) is 5.96. The Hall–Kier alpha value is -1.05. The second kappa shape index (κ2) is 15.1. The second-order valence-corrected chi connectivity index (χ2v) is 6.34. The molecule has 0 spiro atoms. The van der Waals surface area contributed by atoms with Crippen LogP contribution in [0.25, 0.3) is 0 Å². The molecule has 0 atom stereocenters. The van der Waals surface area contributed by atoms with Gasteiger partial charge in [-0.1, -0.05) is 38.5 Å². The maximum atomic E-state index is 12.6. The lowest BCUT2D eigenvalue weighted by Crippen LogP contribution is -2.33. The van der Waals surface area contributed by atoms with Crippen molar-refractivity contribution in [2.75, 3.05) is 19.1 Å². The minimum Gasteiger partial charge on any atom is -0.466 e. The van der Waals surface area contributed by atoms with Gasteiger partial charge in [-0.2, -0.15) is 8.78 Å². The summed E-state index contributed by atoms with van der Waals surface area (Å²) in [6.45, 7) is -1.48. The largest absolute Gasteiger partial charge is 0.466 e. The van der Waals surface area contributed by atoms with Crippen LogP contribution in [-0.4, -0.2) is 43.4 Å². The zero-order chi connectivity index (χ0) is 19.8. The third-order valence-corrected chi connectivity index (χ3v) is 3.84. The molecule has 0 aliphatic rings. The molecule has 0 unspecified atom stereocenters. The molecule has 0 N–H and O–H groups in total. The van der Waals surface area contributed by atoms with Crippen LogP contribution in [-0.2, 0) is 19.1 Å². The number of hydrogen-bond acceptors (Lipinski definition) is 4. The fourth-order valence-electron chi connectivity index (χ4n) is 2.03. The number of carbonyl (C=O) groups excluding carboxylic acids is 2. The average Bonchev–Trinajstić information content (AvgIpc) is 2.59. The zero-order valence-electron chi connectivity index (χ0n) is 14.8. The van der Waals surface area contributed by atoms with Gasteiger partial charge in [0.15, 0.2) is 6.61 Å². The molecule has 0 radical (unpaired) electrons. The lowest BCUT2D eigenvalue weighted by molar-refractivity contribution is -0.180. The Bertz CT molecular complexity index is 395. The normalized spacial score (nSPS) is 11.6. The quantitative estimate of drug-likeness (QED) is 0.155. The lowest BCUT2D eigenvalue weighted by Gasteiger charge is -2.14. The predicted molar refractivity (Wildman–Crippen MR) is 89.8 cm³/mol. The number of hydrogen-bond donors (Lipinski definition) is 0. The maximum absolute atomic E-state index is 12.6. The number of alkyl halides is 5. The van der Waals surface area contributed by atoms with E-state index < -0.39 is 37.3 Å². The molecule has 0 rings (SSSR count). The van der Waals surface area contributed by atoms with E-state index in [0.717, 1.165) is 38.5 Å². The monoisotopic (exact) mass is 406 g/mol. The van der Waals surface area contributed by atoms with Gasteiger partial charge in [0.05, 0.1) is 19.4 Å². The van der Waals surface area contributed by atoms with Gasteiger partial charge in [0.1, 0.15) is 0 Å². The Morgan fingerprint density at radius 1 is 0.808 bits per heavy atom. The van der Waals surface area contributed by atoms with Crippen LogP contribution in [0.15, 0.2) is 0 Å². The molecular formula is C17H27ClF4O4. The van der Waals surface area contributed by atoms with Gasteiger partial charge in [0, 0.05) is 5.88 Å². The Balaban J connectivity index is 3.53. The van der Waals surface area contributed by atoms with Crippen molar-refractivity contribution in [2.45, 2.75) is 76.6 Å². The summed E-state index contributed by atoms with van der Waals surface area (Å²) in [4.78, 5) is 22.5. The van der Waals surface area contributed by atoms with E-state index in [-0.39, 0.29) is 13.0 Å². The minimum absolute atomic E-state index is 0.226. The van der Waals surface area contributed by atoms with E-state index in [9.17, 15) is 27.2 Å². The van der Waals surface area contributed by atoms with Crippen LogP contribution in [0.1, 0.15) is 64.2 Å². The summed E-state index contributed by atoms with van der Waals surface area (Å²) in [6.07, 6.45) is 3.57. The standard InChI is InChI=1S/C17H27ClF4O4/c18-11-7-5-3-1-2-4-6-8-12-25-14(23)9-10-15(24)26-13-17(21,22)16(19)20/h16H,1-13H2. The van der Waals surface area contributed by atoms with Crippen molar-refractivity contribution >= 4 is 23.5 Å². The molecule has 0 aromatic rings. The lowest BCUT2D eigenvalue weighted by atomic mass is 10.1. The van der Waals surface area contributed by atoms with Crippen LogP contribution in [0.2, 0.25) is 0 Å². The van der Waals surface area contributed by atoms with Gasteiger partial charge in [0.25, 0.3) is 0 Å². The van der Waals surface area contributed by atoms with Crippen LogP contribution in [0.5, 0.6) is 0 Å². The fourth-order valence-corrected chi connectivity index (χ4v) is 2.22. The molecule has 0 heterocycles. The number of esters is 2. The number of halogens is 5. The summed E-state index contributed by atoms with van der Waals surface area (Å²) in [5.74, 6) is -5.48. The predicted octanol–water partition coefficient (Wildman–Crippen LogP) is 5.11. The summed E-state index contributed by atoms with van der Waals surface area (Å²) in [7, 11) is 0. The Morgan fingerprint density at radius 3 is 1.77 bits per heavy atom. The van der Waals surface area contributed by atoms with Crippen molar-refractivity contribution in [3.05, 3.63) is 0 Å². The maximum Gasteiger partial charge on any atom is 0.340 e. The molecule has 0 bridgehead atoms. The molecule has 4 nitrogen and oxygen atoms in total. The molecule has 0 amide bonds. The molecule has 0 aliphatic carbocycles. The molecular weight excluding hydrogens is 380 g/mol. The van der Waals surface area contributed by atoms with E-state index in [1.54, 1.807) is 0 Å². The third kappa shape index (κ3) is 14.2. The van der Waals surface area contributed by atoms with Gasteiger partial charge in [-0.05, 0) is 12.8 Å². The van der Waals surface area contributed by atoms with Gasteiger partial charge >= 0.3 is 24.3 Å². The van der Waals surface area contributed by atoms with Gasteiger partial charge in [-0.25, -0.2) is 8.78 Å². The summed E-state index contributed by atoms with van der Waals surface area (Å²) < 4.78 is 57.8. The first-order valence-corrected chi connectivity index (χ1v) is 9.36.